The lowest BCUT2D eigenvalue weighted by Crippen LogP contribution is -2.27. The Morgan fingerprint density at radius 1 is 1.37 bits per heavy atom. The van der Waals surface area contributed by atoms with Gasteiger partial charge in [0.25, 0.3) is 0 Å². The molecule has 2 unspecified atom stereocenters. The fourth-order valence-electron chi connectivity index (χ4n) is 1.59. The summed E-state index contributed by atoms with van der Waals surface area (Å²) in [4.78, 5) is 0. The highest BCUT2D eigenvalue weighted by atomic mass is 35.5. The molecule has 1 aromatic rings. The normalized spacial score (nSPS) is 13.9. The van der Waals surface area contributed by atoms with Crippen molar-refractivity contribution in [3.63, 3.8) is 0 Å². The van der Waals surface area contributed by atoms with Crippen molar-refractivity contribution in [1.82, 2.24) is 5.32 Å². The van der Waals surface area contributed by atoms with E-state index in [2.05, 4.69) is 5.32 Å². The quantitative estimate of drug-likeness (QED) is 0.839. The highest BCUT2D eigenvalue weighted by Crippen LogP contribution is 2.37. The topological polar surface area (TPSA) is 47.6 Å². The van der Waals surface area contributed by atoms with E-state index in [4.69, 9.17) is 21.1 Å². The van der Waals surface area contributed by atoms with Crippen LogP contribution in [0.5, 0.6) is 11.5 Å². The molecule has 1 N–H and O–H groups in total. The van der Waals surface area contributed by atoms with E-state index >= 15 is 0 Å². The van der Waals surface area contributed by atoms with Crippen molar-refractivity contribution < 1.29 is 13.7 Å². The van der Waals surface area contributed by atoms with Crippen molar-refractivity contribution in [2.45, 2.75) is 18.7 Å². The van der Waals surface area contributed by atoms with E-state index in [0.29, 0.717) is 29.6 Å². The largest absolute Gasteiger partial charge is 0.493 e. The van der Waals surface area contributed by atoms with Gasteiger partial charge >= 0.3 is 0 Å². The second-order valence-electron chi connectivity index (χ2n) is 4.21. The molecular weight excluding hydrogens is 286 g/mol. The molecule has 0 saturated heterocycles. The predicted octanol–water partition coefficient (Wildman–Crippen LogP) is 2.21. The highest BCUT2D eigenvalue weighted by Gasteiger charge is 2.13. The predicted molar refractivity (Wildman–Crippen MR) is 79.8 cm³/mol. The first-order valence-electron chi connectivity index (χ1n) is 5.93. The summed E-state index contributed by atoms with van der Waals surface area (Å²) in [6.07, 6.45) is 1.70. The molecule has 108 valence electrons. The van der Waals surface area contributed by atoms with Gasteiger partial charge in [0.1, 0.15) is 0 Å². The van der Waals surface area contributed by atoms with Gasteiger partial charge in [0.05, 0.1) is 19.2 Å². The van der Waals surface area contributed by atoms with Crippen molar-refractivity contribution in [3.05, 3.63) is 22.7 Å². The van der Waals surface area contributed by atoms with Crippen LogP contribution in [-0.2, 0) is 17.3 Å². The minimum Gasteiger partial charge on any atom is -0.493 e. The average Bonchev–Trinajstić information content (AvgIpc) is 2.39. The second kappa shape index (κ2) is 7.72. The molecule has 2 atom stereocenters. The van der Waals surface area contributed by atoms with Crippen LogP contribution < -0.4 is 14.8 Å². The van der Waals surface area contributed by atoms with Gasteiger partial charge in [-0.1, -0.05) is 17.7 Å². The first-order valence-corrected chi connectivity index (χ1v) is 7.93. The van der Waals surface area contributed by atoms with Gasteiger partial charge in [-0.25, -0.2) is 0 Å². The molecule has 0 aliphatic heterocycles. The van der Waals surface area contributed by atoms with Gasteiger partial charge in [0.15, 0.2) is 11.5 Å². The minimum absolute atomic E-state index is 0.110. The van der Waals surface area contributed by atoms with Crippen LogP contribution in [0.4, 0.5) is 0 Å². The van der Waals surface area contributed by atoms with Crippen LogP contribution >= 0.6 is 11.6 Å². The Kier molecular flexibility index (Phi) is 6.62. The monoisotopic (exact) mass is 305 g/mol. The Balaban J connectivity index is 2.72. The number of halogens is 1. The zero-order valence-corrected chi connectivity index (χ0v) is 13.2. The SMILES string of the molecule is COc1ccc(CNCC(C)S(C)=O)c(Cl)c1OC. The summed E-state index contributed by atoms with van der Waals surface area (Å²) in [5, 5.41) is 3.89. The van der Waals surface area contributed by atoms with E-state index in [9.17, 15) is 4.21 Å². The zero-order chi connectivity index (χ0) is 14.4. The molecule has 0 spiro atoms. The van der Waals surface area contributed by atoms with Crippen LogP contribution in [0.25, 0.3) is 0 Å². The number of methoxy groups -OCH3 is 2. The maximum atomic E-state index is 11.2. The van der Waals surface area contributed by atoms with E-state index in [1.807, 2.05) is 19.1 Å². The smallest absolute Gasteiger partial charge is 0.179 e. The summed E-state index contributed by atoms with van der Waals surface area (Å²) in [6, 6.07) is 3.72. The summed E-state index contributed by atoms with van der Waals surface area (Å²) < 4.78 is 21.7. The standard InChI is InChI=1S/C13H20ClNO3S/c1-9(19(4)16)7-15-8-10-5-6-11(17-2)13(18-3)12(10)14/h5-6,9,15H,7-8H2,1-4H3. The Labute approximate surface area is 121 Å². The van der Waals surface area contributed by atoms with Crippen molar-refractivity contribution >= 4 is 22.4 Å². The molecule has 4 nitrogen and oxygen atoms in total. The summed E-state index contributed by atoms with van der Waals surface area (Å²) in [5.74, 6) is 1.15. The maximum Gasteiger partial charge on any atom is 0.179 e. The van der Waals surface area contributed by atoms with Gasteiger partial charge < -0.3 is 14.8 Å². The molecule has 0 radical (unpaired) electrons. The van der Waals surface area contributed by atoms with Gasteiger partial charge in [0.2, 0.25) is 0 Å². The second-order valence-corrected chi connectivity index (χ2v) is 6.39. The van der Waals surface area contributed by atoms with Gasteiger partial charge in [-0.3, -0.25) is 4.21 Å². The first-order chi connectivity index (χ1) is 9.01. The third-order valence-corrected chi connectivity index (χ3v) is 4.59. The first kappa shape index (κ1) is 16.3. The van der Waals surface area contributed by atoms with Crippen LogP contribution in [0, 0.1) is 0 Å². The molecule has 0 saturated carbocycles. The molecule has 0 bridgehead atoms. The van der Waals surface area contributed by atoms with Crippen molar-refractivity contribution in [2.24, 2.45) is 0 Å². The Morgan fingerprint density at radius 3 is 2.58 bits per heavy atom. The summed E-state index contributed by atoms with van der Waals surface area (Å²) in [6.45, 7) is 3.22. The summed E-state index contributed by atoms with van der Waals surface area (Å²) in [5.41, 5.74) is 0.924. The van der Waals surface area contributed by atoms with Crippen molar-refractivity contribution in [3.8, 4) is 11.5 Å². The van der Waals surface area contributed by atoms with Crippen LogP contribution in [0.15, 0.2) is 12.1 Å². The van der Waals surface area contributed by atoms with Gasteiger partial charge in [-0.05, 0) is 18.6 Å². The van der Waals surface area contributed by atoms with Crippen LogP contribution in [-0.4, -0.2) is 36.5 Å². The number of hydrogen-bond acceptors (Lipinski definition) is 4. The Morgan fingerprint density at radius 2 is 2.05 bits per heavy atom. The van der Waals surface area contributed by atoms with E-state index in [-0.39, 0.29) is 5.25 Å². The molecule has 0 aromatic heterocycles. The van der Waals surface area contributed by atoms with E-state index in [1.54, 1.807) is 20.5 Å². The number of hydrogen-bond donors (Lipinski definition) is 1. The third-order valence-electron chi connectivity index (χ3n) is 2.88. The molecule has 6 heteroatoms. The Bertz CT molecular complexity index is 454. The summed E-state index contributed by atoms with van der Waals surface area (Å²) >= 11 is 6.27. The third kappa shape index (κ3) is 4.37. The van der Waals surface area contributed by atoms with Gasteiger partial charge in [-0.15, -0.1) is 0 Å². The maximum absolute atomic E-state index is 11.2. The lowest BCUT2D eigenvalue weighted by molar-refractivity contribution is 0.354. The molecule has 19 heavy (non-hydrogen) atoms. The number of nitrogens with one attached hydrogen (secondary N) is 1. The zero-order valence-electron chi connectivity index (χ0n) is 11.7. The molecule has 0 amide bonds. The Hall–Kier alpha value is -0.780. The fourth-order valence-corrected chi connectivity index (χ4v) is 2.25. The fraction of sp³-hybridized carbons (Fsp3) is 0.538. The number of rotatable bonds is 7. The van der Waals surface area contributed by atoms with Crippen LogP contribution in [0.1, 0.15) is 12.5 Å². The number of ether oxygens (including phenoxy) is 2. The highest BCUT2D eigenvalue weighted by molar-refractivity contribution is 7.84. The summed E-state index contributed by atoms with van der Waals surface area (Å²) in [7, 11) is 2.31. The van der Waals surface area contributed by atoms with E-state index < -0.39 is 10.8 Å². The van der Waals surface area contributed by atoms with Gasteiger partial charge in [-0.2, -0.15) is 0 Å². The van der Waals surface area contributed by atoms with Crippen molar-refractivity contribution in [2.75, 3.05) is 27.0 Å². The van der Waals surface area contributed by atoms with Crippen molar-refractivity contribution in [1.29, 1.82) is 0 Å². The van der Waals surface area contributed by atoms with E-state index in [1.165, 1.54) is 0 Å². The molecular formula is C13H20ClNO3S. The van der Waals surface area contributed by atoms with Gasteiger partial charge in [0, 0.05) is 35.4 Å². The molecule has 0 heterocycles. The lowest BCUT2D eigenvalue weighted by atomic mass is 10.2. The van der Waals surface area contributed by atoms with E-state index in [0.717, 1.165) is 5.56 Å². The molecule has 1 rings (SSSR count). The average molecular weight is 306 g/mol. The number of benzene rings is 1. The van der Waals surface area contributed by atoms with Crippen LogP contribution in [0.2, 0.25) is 5.02 Å². The molecule has 1 aromatic carbocycles. The lowest BCUT2D eigenvalue weighted by Gasteiger charge is -2.14. The molecule has 0 fully saturated rings. The minimum atomic E-state index is -0.825. The molecule has 0 aliphatic carbocycles. The van der Waals surface area contributed by atoms with Crippen LogP contribution in [0.3, 0.4) is 0 Å². The molecule has 0 aliphatic rings.